The van der Waals surface area contributed by atoms with Gasteiger partial charge in [0, 0.05) is 12.5 Å². The maximum atomic E-state index is 13.6. The second-order valence-electron chi connectivity index (χ2n) is 15.6. The van der Waals surface area contributed by atoms with Crippen LogP contribution in [0.25, 0.3) is 0 Å². The van der Waals surface area contributed by atoms with Gasteiger partial charge in [-0.3, -0.25) is 0 Å². The molecule has 1 saturated heterocycles. The molecule has 0 spiro atoms. The van der Waals surface area contributed by atoms with Gasteiger partial charge in [0.2, 0.25) is 0 Å². The summed E-state index contributed by atoms with van der Waals surface area (Å²) in [6.45, 7) is 16.1. The monoisotopic (exact) mass is 712 g/mol. The third-order valence-electron chi connectivity index (χ3n) is 10.8. The lowest BCUT2D eigenvalue weighted by molar-refractivity contribution is -0.147. The van der Waals surface area contributed by atoms with Crippen molar-refractivity contribution in [1.82, 2.24) is 0 Å². The van der Waals surface area contributed by atoms with Gasteiger partial charge in [0.15, 0.2) is 8.32 Å². The number of carbonyl (C=O) groups excluding carboxylic acids is 1. The van der Waals surface area contributed by atoms with Gasteiger partial charge in [-0.05, 0) is 69.5 Å². The smallest absolute Gasteiger partial charge is 0.330 e. The summed E-state index contributed by atoms with van der Waals surface area (Å²) in [5.41, 5.74) is 2.35. The normalized spacial score (nSPS) is 32.8. The number of unbranched alkanes of at least 4 members (excludes halogenated alkanes) is 3. The molecule has 0 aromatic rings. The van der Waals surface area contributed by atoms with E-state index in [2.05, 4.69) is 71.6 Å². The summed E-state index contributed by atoms with van der Waals surface area (Å²) >= 11 is 0. The fraction of sp³-hybridized carbons (Fsp3) is 0.738. The number of rotatable bonds is 14. The van der Waals surface area contributed by atoms with Crippen LogP contribution in [0, 0.1) is 5.92 Å². The molecule has 1 fully saturated rings. The molecule has 4 aliphatic rings. The molecule has 0 aromatic carbocycles. The molecule has 4 heterocycles. The molecular formula is C42H68O7Si. The molecule has 8 heteroatoms. The van der Waals surface area contributed by atoms with Crippen molar-refractivity contribution in [2.75, 3.05) is 6.61 Å². The first-order valence-corrected chi connectivity index (χ1v) is 22.5. The number of carbonyl (C=O) groups is 1. The number of aliphatic hydroxyl groups excluding tert-OH is 1. The standard InChI is InChI=1S/C42H68O7Si/c1-7-10-23-50(24-11-8-2,25-12-9-3)49-38(20-19-35-27-31(4)21-22-45-35)39-30-40-42(48-40)37(43)29-33(6)26-32(5)28-36-17-13-15-34(46-36)16-14-18-41(44)47-39/h13-15,18-21,32,34-40,42-43H,6-12,16-17,22-30H2,1-5H3/b18-14-,20-19+/t32-,34-,35+,36-,37-,38-,39-,40+,42-/m0/s1. The average molecular weight is 713 g/mol. The van der Waals surface area contributed by atoms with E-state index in [1.807, 2.05) is 6.08 Å². The second-order valence-corrected chi connectivity index (χ2v) is 19.7. The quantitative estimate of drug-likeness (QED) is 0.0831. The minimum Gasteiger partial charge on any atom is -0.456 e. The van der Waals surface area contributed by atoms with Crippen LogP contribution in [0.5, 0.6) is 0 Å². The molecule has 0 amide bonds. The molecular weight excluding hydrogens is 645 g/mol. The Hall–Kier alpha value is -1.81. The van der Waals surface area contributed by atoms with E-state index in [0.29, 0.717) is 31.8 Å². The Balaban J connectivity index is 1.65. The highest BCUT2D eigenvalue weighted by Gasteiger charge is 2.48. The minimum atomic E-state index is -2.23. The lowest BCUT2D eigenvalue weighted by atomic mass is 9.91. The first-order valence-electron chi connectivity index (χ1n) is 20.0. The summed E-state index contributed by atoms with van der Waals surface area (Å²) in [6, 6.07) is 3.32. The van der Waals surface area contributed by atoms with E-state index >= 15 is 0 Å². The van der Waals surface area contributed by atoms with Crippen molar-refractivity contribution in [1.29, 1.82) is 0 Å². The zero-order valence-electron chi connectivity index (χ0n) is 31.9. The van der Waals surface area contributed by atoms with Crippen LogP contribution in [0.4, 0.5) is 0 Å². The van der Waals surface area contributed by atoms with Crippen molar-refractivity contribution in [3.63, 3.8) is 0 Å². The van der Waals surface area contributed by atoms with E-state index in [9.17, 15) is 9.90 Å². The SMILES string of the molecule is C=C1C[C@H](C)C[C@@H]2CC=C[C@@H](C/C=C\C(=O)O[C@H]([C@H](/C=C/[C@@H]3CC(C)=CCO3)O[Si](CCCC)(CCCC)CCCC)C[C@H]3O[C@H]3[C@@H](O)C1)O2. The molecule has 4 aliphatic heterocycles. The number of aliphatic hydroxyl groups is 1. The zero-order chi connectivity index (χ0) is 35.9. The Morgan fingerprint density at radius 3 is 2.40 bits per heavy atom. The highest BCUT2D eigenvalue weighted by molar-refractivity contribution is 6.73. The Morgan fingerprint density at radius 1 is 1.00 bits per heavy atom. The molecule has 2 bridgehead atoms. The van der Waals surface area contributed by atoms with Crippen molar-refractivity contribution in [3.05, 3.63) is 60.3 Å². The number of ether oxygens (including phenoxy) is 4. The molecule has 9 atom stereocenters. The number of cyclic esters (lactones) is 1. The van der Waals surface area contributed by atoms with Crippen LogP contribution in [0.2, 0.25) is 18.1 Å². The first kappa shape index (κ1) is 41.0. The summed E-state index contributed by atoms with van der Waals surface area (Å²) in [4.78, 5) is 13.6. The van der Waals surface area contributed by atoms with Crippen LogP contribution in [0.15, 0.2) is 60.3 Å². The van der Waals surface area contributed by atoms with E-state index in [0.717, 1.165) is 87.9 Å². The molecule has 0 aromatic heterocycles. The van der Waals surface area contributed by atoms with Gasteiger partial charge < -0.3 is 28.5 Å². The molecule has 0 unspecified atom stereocenters. The third-order valence-corrected chi connectivity index (χ3v) is 15.3. The van der Waals surface area contributed by atoms with Gasteiger partial charge in [-0.2, -0.15) is 0 Å². The summed E-state index contributed by atoms with van der Waals surface area (Å²) < 4.78 is 32.5. The number of fused-ring (bicyclic) bond motifs is 3. The molecule has 0 aliphatic carbocycles. The van der Waals surface area contributed by atoms with Crippen LogP contribution in [0.3, 0.4) is 0 Å². The number of esters is 1. The molecule has 282 valence electrons. The van der Waals surface area contributed by atoms with E-state index in [4.69, 9.17) is 23.4 Å². The predicted octanol–water partition coefficient (Wildman–Crippen LogP) is 9.48. The van der Waals surface area contributed by atoms with Crippen molar-refractivity contribution < 1.29 is 33.3 Å². The molecule has 0 saturated carbocycles. The van der Waals surface area contributed by atoms with Gasteiger partial charge in [0.25, 0.3) is 0 Å². The molecule has 0 radical (unpaired) electrons. The Kier molecular flexibility index (Phi) is 17.2. The van der Waals surface area contributed by atoms with E-state index in [1.54, 1.807) is 6.08 Å². The van der Waals surface area contributed by atoms with Crippen LogP contribution < -0.4 is 0 Å². The molecule has 1 N–H and O–H groups in total. The average Bonchev–Trinajstić information content (AvgIpc) is 3.86. The molecule has 50 heavy (non-hydrogen) atoms. The maximum Gasteiger partial charge on any atom is 0.330 e. The minimum absolute atomic E-state index is 0.0496. The summed E-state index contributed by atoms with van der Waals surface area (Å²) in [5, 5.41) is 11.3. The van der Waals surface area contributed by atoms with Gasteiger partial charge in [-0.25, -0.2) is 4.79 Å². The Morgan fingerprint density at radius 2 is 1.72 bits per heavy atom. The number of hydrogen-bond acceptors (Lipinski definition) is 7. The first-order chi connectivity index (χ1) is 24.1. The fourth-order valence-electron chi connectivity index (χ4n) is 7.89. The Labute approximate surface area is 304 Å². The maximum absolute atomic E-state index is 13.6. The Bertz CT molecular complexity index is 1150. The number of epoxide rings is 1. The third kappa shape index (κ3) is 13.6. The van der Waals surface area contributed by atoms with Crippen LogP contribution in [-0.2, 0) is 28.2 Å². The van der Waals surface area contributed by atoms with Crippen LogP contribution in [-0.4, -0.2) is 74.8 Å². The largest absolute Gasteiger partial charge is 0.456 e. The summed E-state index contributed by atoms with van der Waals surface area (Å²) in [5.74, 6) is 0.0102. The van der Waals surface area contributed by atoms with Gasteiger partial charge in [-0.15, -0.1) is 0 Å². The van der Waals surface area contributed by atoms with Crippen molar-refractivity contribution >= 4 is 14.3 Å². The van der Waals surface area contributed by atoms with E-state index in [-0.39, 0.29) is 36.5 Å². The molecule has 4 rings (SSSR count). The second kappa shape index (κ2) is 21.0. The van der Waals surface area contributed by atoms with Crippen LogP contribution in [0.1, 0.15) is 118 Å². The van der Waals surface area contributed by atoms with E-state index in [1.165, 1.54) is 5.57 Å². The van der Waals surface area contributed by atoms with Gasteiger partial charge in [0.05, 0.1) is 37.1 Å². The lowest BCUT2D eigenvalue weighted by Gasteiger charge is -2.38. The lowest BCUT2D eigenvalue weighted by Crippen LogP contribution is -2.46. The highest BCUT2D eigenvalue weighted by atomic mass is 28.4. The fourth-order valence-corrected chi connectivity index (χ4v) is 12.8. The van der Waals surface area contributed by atoms with E-state index < -0.39 is 26.6 Å². The van der Waals surface area contributed by atoms with Gasteiger partial charge in [-0.1, -0.05) is 120 Å². The summed E-state index contributed by atoms with van der Waals surface area (Å²) in [6.07, 6.45) is 23.8. The summed E-state index contributed by atoms with van der Waals surface area (Å²) in [7, 11) is -2.23. The predicted molar refractivity (Wildman–Crippen MR) is 205 cm³/mol. The number of hydrogen-bond donors (Lipinski definition) is 1. The van der Waals surface area contributed by atoms with Gasteiger partial charge >= 0.3 is 5.97 Å². The topological polar surface area (TPSA) is 86.8 Å². The van der Waals surface area contributed by atoms with Crippen molar-refractivity contribution in [2.24, 2.45) is 5.92 Å². The van der Waals surface area contributed by atoms with Gasteiger partial charge in [0.1, 0.15) is 18.3 Å². The van der Waals surface area contributed by atoms with Crippen molar-refractivity contribution in [3.8, 4) is 0 Å². The van der Waals surface area contributed by atoms with Crippen LogP contribution >= 0.6 is 0 Å². The zero-order valence-corrected chi connectivity index (χ0v) is 32.9. The van der Waals surface area contributed by atoms with Crippen molar-refractivity contribution in [2.45, 2.75) is 185 Å². The molecule has 7 nitrogen and oxygen atoms in total. The highest BCUT2D eigenvalue weighted by Crippen LogP contribution is 2.38.